The molecule has 3 N–H and O–H groups in total. The van der Waals surface area contributed by atoms with Crippen molar-refractivity contribution in [2.45, 2.75) is 32.5 Å². The van der Waals surface area contributed by atoms with E-state index in [4.69, 9.17) is 4.74 Å². The number of carboxylic acid groups (broad SMARTS) is 1. The molecule has 0 saturated carbocycles. The first-order chi connectivity index (χ1) is 19.2. The van der Waals surface area contributed by atoms with Crippen molar-refractivity contribution in [3.63, 3.8) is 0 Å². The highest BCUT2D eigenvalue weighted by atomic mass is 16.5. The third-order valence-electron chi connectivity index (χ3n) is 7.03. The number of ether oxygens (including phenoxy) is 1. The summed E-state index contributed by atoms with van der Waals surface area (Å²) >= 11 is 0. The molecule has 2 aromatic carbocycles. The van der Waals surface area contributed by atoms with Crippen molar-refractivity contribution in [1.82, 2.24) is 14.8 Å². The van der Waals surface area contributed by atoms with Crippen LogP contribution in [0.25, 0.3) is 0 Å². The van der Waals surface area contributed by atoms with Crippen LogP contribution < -0.4 is 10.1 Å². The largest absolute Gasteiger partial charge is 0.486 e. The van der Waals surface area contributed by atoms with Gasteiger partial charge in [-0.05, 0) is 55.9 Å². The zero-order valence-electron chi connectivity index (χ0n) is 22.8. The molecule has 0 spiro atoms. The van der Waals surface area contributed by atoms with Crippen molar-refractivity contribution in [3.05, 3.63) is 89.2 Å². The molecule has 4 rings (SSSR count). The maximum Gasteiger partial charge on any atom is 0.335 e. The Bertz CT molecular complexity index is 1350. The average Bonchev–Trinajstić information content (AvgIpc) is 2.95. The van der Waals surface area contributed by atoms with Gasteiger partial charge in [-0.3, -0.25) is 19.5 Å². The first kappa shape index (κ1) is 28.7. The third-order valence-corrected chi connectivity index (χ3v) is 7.03. The zero-order chi connectivity index (χ0) is 28.8. The minimum atomic E-state index is -0.974. The Morgan fingerprint density at radius 3 is 2.48 bits per heavy atom. The number of carbonyl (C=O) groups excluding carboxylic acids is 2. The van der Waals surface area contributed by atoms with Crippen LogP contribution in [0.4, 0.5) is 5.69 Å². The quantitative estimate of drug-likeness (QED) is 0.372. The van der Waals surface area contributed by atoms with Crippen molar-refractivity contribution >= 4 is 23.5 Å². The molecule has 0 aliphatic carbocycles. The van der Waals surface area contributed by atoms with Crippen LogP contribution in [0, 0.1) is 5.92 Å². The lowest BCUT2D eigenvalue weighted by Crippen LogP contribution is -2.49. The van der Waals surface area contributed by atoms with E-state index in [1.165, 1.54) is 12.4 Å². The topological polar surface area (TPSA) is 132 Å². The van der Waals surface area contributed by atoms with Gasteiger partial charge in [0.1, 0.15) is 6.10 Å². The monoisotopic (exact) mass is 546 g/mol. The summed E-state index contributed by atoms with van der Waals surface area (Å²) in [6, 6.07) is 14.6. The molecule has 0 radical (unpaired) electrons. The number of amides is 2. The number of nitrogens with zero attached hydrogens (tertiary/aromatic N) is 3. The predicted octanol–water partition coefficient (Wildman–Crippen LogP) is 3.38. The average molecular weight is 547 g/mol. The first-order valence-electron chi connectivity index (χ1n) is 13.1. The number of carboxylic acids is 1. The summed E-state index contributed by atoms with van der Waals surface area (Å²) < 4.78 is 6.55. The third kappa shape index (κ3) is 6.64. The van der Waals surface area contributed by atoms with Crippen LogP contribution in [0.2, 0.25) is 0 Å². The number of aromatic carboxylic acids is 1. The van der Waals surface area contributed by atoms with Gasteiger partial charge in [-0.1, -0.05) is 25.1 Å². The number of rotatable bonds is 9. The summed E-state index contributed by atoms with van der Waals surface area (Å²) in [6.07, 6.45) is 2.69. The number of fused-ring (bicyclic) bond motifs is 1. The first-order valence-corrected chi connectivity index (χ1v) is 13.1. The number of aromatic nitrogens is 1. The molecule has 1 aliphatic rings. The molecule has 0 saturated heterocycles. The van der Waals surface area contributed by atoms with E-state index < -0.39 is 12.0 Å². The summed E-state index contributed by atoms with van der Waals surface area (Å²) in [6.45, 7) is 5.01. The van der Waals surface area contributed by atoms with E-state index in [-0.39, 0.29) is 41.8 Å². The fraction of sp³-hybridized carbons (Fsp3) is 0.333. The van der Waals surface area contributed by atoms with E-state index in [1.807, 2.05) is 14.0 Å². The molecule has 3 atom stereocenters. The summed E-state index contributed by atoms with van der Waals surface area (Å²) in [5, 5.41) is 22.0. The van der Waals surface area contributed by atoms with E-state index >= 15 is 0 Å². The fourth-order valence-corrected chi connectivity index (χ4v) is 4.69. The molecular weight excluding hydrogens is 512 g/mol. The Kier molecular flexibility index (Phi) is 9.13. The van der Waals surface area contributed by atoms with E-state index in [2.05, 4.69) is 15.2 Å². The lowest BCUT2D eigenvalue weighted by atomic mass is 9.98. The van der Waals surface area contributed by atoms with Crippen LogP contribution >= 0.6 is 0 Å². The van der Waals surface area contributed by atoms with Crippen LogP contribution in [0.3, 0.4) is 0 Å². The van der Waals surface area contributed by atoms with Crippen molar-refractivity contribution in [2.75, 3.05) is 32.1 Å². The Labute approximate surface area is 233 Å². The van der Waals surface area contributed by atoms with Gasteiger partial charge in [0.15, 0.2) is 5.75 Å². The summed E-state index contributed by atoms with van der Waals surface area (Å²) in [7, 11) is 1.94. The molecule has 10 heteroatoms. The molecule has 210 valence electrons. The van der Waals surface area contributed by atoms with Crippen molar-refractivity contribution in [2.24, 2.45) is 5.92 Å². The molecule has 10 nitrogen and oxygen atoms in total. The smallest absolute Gasteiger partial charge is 0.335 e. The van der Waals surface area contributed by atoms with Gasteiger partial charge in [0.2, 0.25) is 0 Å². The van der Waals surface area contributed by atoms with Gasteiger partial charge >= 0.3 is 5.97 Å². The number of aliphatic hydroxyl groups excluding tert-OH is 1. The summed E-state index contributed by atoms with van der Waals surface area (Å²) in [5.41, 5.74) is 2.26. The summed E-state index contributed by atoms with van der Waals surface area (Å²) in [4.78, 5) is 45.5. The Hall–Kier alpha value is -4.28. The number of carbonyl (C=O) groups is 3. The molecule has 40 heavy (non-hydrogen) atoms. The zero-order valence-corrected chi connectivity index (χ0v) is 22.8. The molecular formula is C30H34N4O6. The number of aliphatic hydroxyl groups is 1. The normalized spacial score (nSPS) is 17.8. The maximum absolute atomic E-state index is 13.7. The minimum absolute atomic E-state index is 0.119. The van der Waals surface area contributed by atoms with Gasteiger partial charge in [-0.15, -0.1) is 0 Å². The van der Waals surface area contributed by atoms with E-state index in [1.54, 1.807) is 66.4 Å². The lowest BCUT2D eigenvalue weighted by molar-refractivity contribution is 0.0343. The molecule has 3 aromatic rings. The predicted molar refractivity (Wildman–Crippen MR) is 150 cm³/mol. The second-order valence-corrected chi connectivity index (χ2v) is 10.2. The van der Waals surface area contributed by atoms with Gasteiger partial charge in [0.05, 0.1) is 29.5 Å². The molecule has 0 fully saturated rings. The van der Waals surface area contributed by atoms with Gasteiger partial charge in [-0.2, -0.15) is 0 Å². The second-order valence-electron chi connectivity index (χ2n) is 10.2. The van der Waals surface area contributed by atoms with E-state index in [0.29, 0.717) is 36.4 Å². The summed E-state index contributed by atoms with van der Waals surface area (Å²) in [5.74, 6) is -1.46. The molecule has 0 bridgehead atoms. The van der Waals surface area contributed by atoms with E-state index in [9.17, 15) is 24.6 Å². The lowest BCUT2D eigenvalue weighted by Gasteiger charge is -2.38. The van der Waals surface area contributed by atoms with Crippen molar-refractivity contribution in [3.8, 4) is 5.75 Å². The highest BCUT2D eigenvalue weighted by Crippen LogP contribution is 2.35. The fourth-order valence-electron chi connectivity index (χ4n) is 4.69. The SMILES string of the molecule is C[C@H]1CN([C@@H](C)CO)C(=O)c2cccc(NC(=O)c3ccncc3)c2O[C@H]1CN(C)Cc1ccc(C(=O)O)cc1. The standard InChI is InChI=1S/C30H34N4O6/c1-19-15-34(20(2)18-35)29(37)24-5-4-6-25(32-28(36)22-11-13-31-14-12-22)27(24)40-26(19)17-33(3)16-21-7-9-23(10-8-21)30(38)39/h4-14,19-20,26,35H,15-18H2,1-3H3,(H,32,36)(H,38,39)/t19-,20-,26-/m0/s1. The number of nitrogens with one attached hydrogen (secondary N) is 1. The number of likely N-dealkylation sites (N-methyl/N-ethyl adjacent to an activating group) is 1. The minimum Gasteiger partial charge on any atom is -0.486 e. The van der Waals surface area contributed by atoms with Crippen LogP contribution in [0.1, 0.15) is 50.5 Å². The van der Waals surface area contributed by atoms with Gasteiger partial charge in [0, 0.05) is 43.5 Å². The Balaban J connectivity index is 1.64. The molecule has 1 aliphatic heterocycles. The van der Waals surface area contributed by atoms with Crippen LogP contribution in [-0.2, 0) is 6.54 Å². The van der Waals surface area contributed by atoms with E-state index in [0.717, 1.165) is 5.56 Å². The van der Waals surface area contributed by atoms with Crippen LogP contribution in [-0.4, -0.2) is 81.7 Å². The number of para-hydroxylation sites is 1. The second kappa shape index (κ2) is 12.7. The number of pyridine rings is 1. The number of benzene rings is 2. The van der Waals surface area contributed by atoms with Gasteiger partial charge in [0.25, 0.3) is 11.8 Å². The van der Waals surface area contributed by atoms with Gasteiger partial charge < -0.3 is 25.2 Å². The molecule has 2 heterocycles. The van der Waals surface area contributed by atoms with Crippen LogP contribution in [0.15, 0.2) is 67.0 Å². The highest BCUT2D eigenvalue weighted by molar-refractivity contribution is 6.07. The van der Waals surface area contributed by atoms with Crippen molar-refractivity contribution in [1.29, 1.82) is 0 Å². The number of hydrogen-bond acceptors (Lipinski definition) is 7. The Morgan fingerprint density at radius 1 is 1.12 bits per heavy atom. The number of anilines is 1. The molecule has 2 amide bonds. The number of hydrogen-bond donors (Lipinski definition) is 3. The highest BCUT2D eigenvalue weighted by Gasteiger charge is 2.34. The molecule has 1 aromatic heterocycles. The Morgan fingerprint density at radius 2 is 1.82 bits per heavy atom. The van der Waals surface area contributed by atoms with Gasteiger partial charge in [-0.25, -0.2) is 4.79 Å². The van der Waals surface area contributed by atoms with Crippen LogP contribution in [0.5, 0.6) is 5.75 Å². The maximum atomic E-state index is 13.7. The molecule has 0 unspecified atom stereocenters. The van der Waals surface area contributed by atoms with Crippen molar-refractivity contribution < 1.29 is 29.3 Å².